The van der Waals surface area contributed by atoms with Gasteiger partial charge in [-0.3, -0.25) is 0 Å². The van der Waals surface area contributed by atoms with Crippen LogP contribution in [-0.2, 0) is 19.4 Å². The lowest BCUT2D eigenvalue weighted by Gasteiger charge is -2.23. The molecule has 0 fully saturated rings. The van der Waals surface area contributed by atoms with Crippen LogP contribution in [0.4, 0.5) is 0 Å². The lowest BCUT2D eigenvalue weighted by molar-refractivity contribution is 0.506. The molecular formula is C18H25N3S. The summed E-state index contributed by atoms with van der Waals surface area (Å²) < 4.78 is 0. The summed E-state index contributed by atoms with van der Waals surface area (Å²) >= 11 is 5.35. The first-order valence-corrected chi connectivity index (χ1v) is 8.51. The number of aryl methyl sites for hydroxylation is 2. The van der Waals surface area contributed by atoms with E-state index in [2.05, 4.69) is 54.6 Å². The fraction of sp³-hybridized carbons (Fsp3) is 0.500. The van der Waals surface area contributed by atoms with Gasteiger partial charge in [0.1, 0.15) is 0 Å². The van der Waals surface area contributed by atoms with E-state index in [9.17, 15) is 0 Å². The molecular weight excluding hydrogens is 290 g/mol. The Morgan fingerprint density at radius 2 is 2.00 bits per heavy atom. The molecule has 0 atom stereocenters. The van der Waals surface area contributed by atoms with Gasteiger partial charge in [0.15, 0.2) is 5.11 Å². The molecule has 0 saturated carbocycles. The van der Waals surface area contributed by atoms with Crippen LogP contribution in [0.2, 0.25) is 0 Å². The number of H-pyrrole nitrogens is 1. The maximum Gasteiger partial charge on any atom is 0.166 e. The molecule has 0 aliphatic heterocycles. The quantitative estimate of drug-likeness (QED) is 0.738. The molecule has 0 unspecified atom stereocenters. The van der Waals surface area contributed by atoms with Gasteiger partial charge >= 0.3 is 0 Å². The fourth-order valence-electron chi connectivity index (χ4n) is 3.13. The number of hydrogen-bond donors (Lipinski definition) is 3. The smallest absolute Gasteiger partial charge is 0.166 e. The van der Waals surface area contributed by atoms with Crippen molar-refractivity contribution in [2.75, 3.05) is 0 Å². The van der Waals surface area contributed by atoms with Crippen molar-refractivity contribution < 1.29 is 0 Å². The van der Waals surface area contributed by atoms with Gasteiger partial charge in [-0.25, -0.2) is 0 Å². The van der Waals surface area contributed by atoms with Gasteiger partial charge in [0.25, 0.3) is 0 Å². The number of benzene rings is 1. The number of hydrogen-bond acceptors (Lipinski definition) is 1. The molecule has 1 aromatic heterocycles. The molecule has 1 heterocycles. The molecule has 1 aromatic carbocycles. The second-order valence-corrected chi connectivity index (χ2v) is 7.64. The molecule has 1 aliphatic carbocycles. The Labute approximate surface area is 137 Å². The average molecular weight is 315 g/mol. The van der Waals surface area contributed by atoms with Crippen LogP contribution < -0.4 is 10.6 Å². The third-order valence-electron chi connectivity index (χ3n) is 4.10. The highest BCUT2D eigenvalue weighted by molar-refractivity contribution is 7.80. The Hall–Kier alpha value is -1.55. The Balaban J connectivity index is 1.73. The van der Waals surface area contributed by atoms with E-state index in [0.29, 0.717) is 5.11 Å². The summed E-state index contributed by atoms with van der Waals surface area (Å²) in [6.07, 6.45) is 5.01. The number of aromatic amines is 1. The van der Waals surface area contributed by atoms with Gasteiger partial charge in [-0.15, -0.1) is 0 Å². The maximum absolute atomic E-state index is 5.35. The standard InChI is InChI=1S/C18H25N3S/c1-18(2,3)21-17(22)19-11-12-8-9-16-14(10-12)13-6-4-5-7-15(13)20-16/h8-10,20H,4-7,11H2,1-3H3,(H2,19,21,22). The van der Waals surface area contributed by atoms with Gasteiger partial charge in [-0.05, 0) is 81.9 Å². The van der Waals surface area contributed by atoms with Crippen molar-refractivity contribution in [3.63, 3.8) is 0 Å². The molecule has 1 aliphatic rings. The van der Waals surface area contributed by atoms with Crippen molar-refractivity contribution in [2.24, 2.45) is 0 Å². The maximum atomic E-state index is 5.35. The van der Waals surface area contributed by atoms with Crippen molar-refractivity contribution in [2.45, 2.75) is 58.5 Å². The van der Waals surface area contributed by atoms with Crippen LogP contribution in [0.3, 0.4) is 0 Å². The Morgan fingerprint density at radius 3 is 2.77 bits per heavy atom. The van der Waals surface area contributed by atoms with E-state index in [0.717, 1.165) is 6.54 Å². The van der Waals surface area contributed by atoms with E-state index in [1.54, 1.807) is 0 Å². The molecule has 0 radical (unpaired) electrons. The van der Waals surface area contributed by atoms with Crippen LogP contribution in [0.15, 0.2) is 18.2 Å². The van der Waals surface area contributed by atoms with Crippen molar-refractivity contribution in [1.29, 1.82) is 0 Å². The third-order valence-corrected chi connectivity index (χ3v) is 4.35. The number of rotatable bonds is 2. The van der Waals surface area contributed by atoms with Gasteiger partial charge in [-0.1, -0.05) is 6.07 Å². The minimum Gasteiger partial charge on any atom is -0.359 e. The number of fused-ring (bicyclic) bond motifs is 3. The topological polar surface area (TPSA) is 39.8 Å². The molecule has 3 nitrogen and oxygen atoms in total. The van der Waals surface area contributed by atoms with Gasteiger partial charge < -0.3 is 15.6 Å². The Bertz CT molecular complexity index is 694. The second-order valence-electron chi connectivity index (χ2n) is 7.23. The largest absolute Gasteiger partial charge is 0.359 e. The highest BCUT2D eigenvalue weighted by Gasteiger charge is 2.15. The average Bonchev–Trinajstić information content (AvgIpc) is 2.81. The molecule has 4 heteroatoms. The summed E-state index contributed by atoms with van der Waals surface area (Å²) in [6.45, 7) is 7.09. The van der Waals surface area contributed by atoms with Crippen molar-refractivity contribution in [1.82, 2.24) is 15.6 Å². The Kier molecular flexibility index (Phi) is 4.13. The molecule has 118 valence electrons. The first kappa shape index (κ1) is 15.3. The van der Waals surface area contributed by atoms with Crippen molar-refractivity contribution >= 4 is 28.2 Å². The molecule has 2 aromatic rings. The summed E-state index contributed by atoms with van der Waals surface area (Å²) in [5, 5.41) is 8.69. The first-order chi connectivity index (χ1) is 10.4. The predicted octanol–water partition coefficient (Wildman–Crippen LogP) is 3.81. The van der Waals surface area contributed by atoms with Gasteiger partial charge in [0, 0.05) is 28.7 Å². The minimum absolute atomic E-state index is 0.00620. The van der Waals surface area contributed by atoms with Gasteiger partial charge in [0.2, 0.25) is 0 Å². The van der Waals surface area contributed by atoms with Crippen LogP contribution in [0, 0.1) is 0 Å². The summed E-state index contributed by atoms with van der Waals surface area (Å²) in [5.74, 6) is 0. The van der Waals surface area contributed by atoms with E-state index < -0.39 is 0 Å². The summed E-state index contributed by atoms with van der Waals surface area (Å²) in [5.41, 5.74) is 5.51. The fourth-order valence-corrected chi connectivity index (χ4v) is 3.51. The summed E-state index contributed by atoms with van der Waals surface area (Å²) in [4.78, 5) is 3.58. The lowest BCUT2D eigenvalue weighted by atomic mass is 9.95. The highest BCUT2D eigenvalue weighted by atomic mass is 32.1. The summed E-state index contributed by atoms with van der Waals surface area (Å²) in [7, 11) is 0. The normalized spacial score (nSPS) is 14.7. The zero-order chi connectivity index (χ0) is 15.7. The second kappa shape index (κ2) is 5.92. The van der Waals surface area contributed by atoms with E-state index >= 15 is 0 Å². The summed E-state index contributed by atoms with van der Waals surface area (Å²) in [6, 6.07) is 6.69. The molecule has 0 bridgehead atoms. The highest BCUT2D eigenvalue weighted by Crippen LogP contribution is 2.29. The third kappa shape index (κ3) is 3.43. The number of aromatic nitrogens is 1. The van der Waals surface area contributed by atoms with E-state index in [1.807, 2.05) is 0 Å². The predicted molar refractivity (Wildman–Crippen MR) is 97.3 cm³/mol. The molecule has 3 rings (SSSR count). The SMILES string of the molecule is CC(C)(C)NC(=S)NCc1ccc2[nH]c3c(c2c1)CCCC3. The van der Waals surface area contributed by atoms with Gasteiger partial charge in [-0.2, -0.15) is 0 Å². The zero-order valence-electron chi connectivity index (χ0n) is 13.7. The zero-order valence-corrected chi connectivity index (χ0v) is 14.5. The van der Waals surface area contributed by atoms with Crippen molar-refractivity contribution in [3.8, 4) is 0 Å². The molecule has 22 heavy (non-hydrogen) atoms. The monoisotopic (exact) mass is 315 g/mol. The van der Waals surface area contributed by atoms with Crippen molar-refractivity contribution in [3.05, 3.63) is 35.0 Å². The van der Waals surface area contributed by atoms with Gasteiger partial charge in [0.05, 0.1) is 0 Å². The number of nitrogens with one attached hydrogen (secondary N) is 3. The van der Waals surface area contributed by atoms with Crippen LogP contribution >= 0.6 is 12.2 Å². The van der Waals surface area contributed by atoms with E-state index in [1.165, 1.54) is 53.4 Å². The van der Waals surface area contributed by atoms with Crippen LogP contribution in [0.25, 0.3) is 10.9 Å². The van der Waals surface area contributed by atoms with Crippen LogP contribution in [-0.4, -0.2) is 15.6 Å². The lowest BCUT2D eigenvalue weighted by Crippen LogP contribution is -2.45. The Morgan fingerprint density at radius 1 is 1.23 bits per heavy atom. The first-order valence-electron chi connectivity index (χ1n) is 8.11. The van der Waals surface area contributed by atoms with E-state index in [4.69, 9.17) is 12.2 Å². The van der Waals surface area contributed by atoms with Crippen LogP contribution in [0.1, 0.15) is 50.4 Å². The molecule has 3 N–H and O–H groups in total. The van der Waals surface area contributed by atoms with Crippen LogP contribution in [0.5, 0.6) is 0 Å². The van der Waals surface area contributed by atoms with E-state index in [-0.39, 0.29) is 5.54 Å². The molecule has 0 saturated heterocycles. The minimum atomic E-state index is -0.00620. The molecule has 0 amide bonds. The number of thiocarbonyl (C=S) groups is 1. The molecule has 0 spiro atoms.